The molecule has 1 unspecified atom stereocenters. The van der Waals surface area contributed by atoms with E-state index in [2.05, 4.69) is 10.2 Å². The van der Waals surface area contributed by atoms with Crippen LogP contribution < -0.4 is 5.32 Å². The van der Waals surface area contributed by atoms with E-state index in [-0.39, 0.29) is 18.6 Å². The maximum absolute atomic E-state index is 10.8. The molecule has 0 aromatic heterocycles. The predicted molar refractivity (Wildman–Crippen MR) is 53.0 cm³/mol. The third-order valence-corrected chi connectivity index (χ3v) is 2.94. The van der Waals surface area contributed by atoms with Gasteiger partial charge in [0.15, 0.2) is 0 Å². The largest absolute Gasteiger partial charge is 0.367 e. The first kappa shape index (κ1) is 9.93. The van der Waals surface area contributed by atoms with E-state index < -0.39 is 0 Å². The monoisotopic (exact) mass is 198 g/mol. The Morgan fingerprint density at radius 3 is 2.86 bits per heavy atom. The SMILES string of the molecule is O=C1COC(CCN2CCCC2)CN1. The van der Waals surface area contributed by atoms with Gasteiger partial charge in [-0.25, -0.2) is 0 Å². The molecule has 0 spiro atoms. The Morgan fingerprint density at radius 2 is 2.21 bits per heavy atom. The van der Waals surface area contributed by atoms with Gasteiger partial charge in [-0.05, 0) is 32.4 Å². The lowest BCUT2D eigenvalue weighted by molar-refractivity contribution is -0.133. The number of morpholine rings is 1. The smallest absolute Gasteiger partial charge is 0.246 e. The Bertz CT molecular complexity index is 192. The molecule has 4 heteroatoms. The predicted octanol–water partition coefficient (Wildman–Crippen LogP) is -0.0127. The normalized spacial score (nSPS) is 29.1. The van der Waals surface area contributed by atoms with Gasteiger partial charge >= 0.3 is 0 Å². The highest BCUT2D eigenvalue weighted by Gasteiger charge is 2.19. The molecule has 4 nitrogen and oxygen atoms in total. The fourth-order valence-corrected chi connectivity index (χ4v) is 2.05. The van der Waals surface area contributed by atoms with E-state index in [0.29, 0.717) is 6.54 Å². The molecule has 14 heavy (non-hydrogen) atoms. The van der Waals surface area contributed by atoms with E-state index in [1.54, 1.807) is 0 Å². The van der Waals surface area contributed by atoms with Crippen molar-refractivity contribution >= 4 is 5.91 Å². The summed E-state index contributed by atoms with van der Waals surface area (Å²) in [5, 5.41) is 2.83. The number of rotatable bonds is 3. The van der Waals surface area contributed by atoms with Gasteiger partial charge in [0.05, 0.1) is 6.10 Å². The fraction of sp³-hybridized carbons (Fsp3) is 0.900. The minimum Gasteiger partial charge on any atom is -0.367 e. The van der Waals surface area contributed by atoms with Gasteiger partial charge in [-0.2, -0.15) is 0 Å². The van der Waals surface area contributed by atoms with E-state index in [1.807, 2.05) is 0 Å². The molecule has 0 aromatic rings. The van der Waals surface area contributed by atoms with E-state index >= 15 is 0 Å². The third kappa shape index (κ3) is 2.69. The molecule has 1 atom stereocenters. The molecule has 0 radical (unpaired) electrons. The number of nitrogens with zero attached hydrogens (tertiary/aromatic N) is 1. The van der Waals surface area contributed by atoms with Crippen molar-refractivity contribution in [2.75, 3.05) is 32.8 Å². The maximum Gasteiger partial charge on any atom is 0.246 e. The van der Waals surface area contributed by atoms with Crippen molar-refractivity contribution in [3.63, 3.8) is 0 Å². The molecule has 2 aliphatic heterocycles. The van der Waals surface area contributed by atoms with Crippen LogP contribution in [0.15, 0.2) is 0 Å². The molecule has 1 amide bonds. The first-order valence-corrected chi connectivity index (χ1v) is 5.45. The average Bonchev–Trinajstić information content (AvgIpc) is 2.70. The minimum atomic E-state index is 0.0161. The number of ether oxygens (including phenoxy) is 1. The Balaban J connectivity index is 1.63. The third-order valence-electron chi connectivity index (χ3n) is 2.94. The summed E-state index contributed by atoms with van der Waals surface area (Å²) in [5.41, 5.74) is 0. The molecule has 2 saturated heterocycles. The number of amides is 1. The molecule has 2 rings (SSSR count). The molecular weight excluding hydrogens is 180 g/mol. The zero-order valence-corrected chi connectivity index (χ0v) is 8.50. The summed E-state index contributed by atoms with van der Waals surface area (Å²) in [6.07, 6.45) is 3.94. The standard InChI is InChI=1S/C10H18N2O2/c13-10-8-14-9(7-11-10)3-6-12-4-1-2-5-12/h9H,1-8H2,(H,11,13). The summed E-state index contributed by atoms with van der Waals surface area (Å²) in [6, 6.07) is 0. The lowest BCUT2D eigenvalue weighted by Crippen LogP contribution is -2.44. The fourth-order valence-electron chi connectivity index (χ4n) is 2.05. The summed E-state index contributed by atoms with van der Waals surface area (Å²) in [7, 11) is 0. The van der Waals surface area contributed by atoms with E-state index in [9.17, 15) is 4.79 Å². The van der Waals surface area contributed by atoms with Crippen LogP contribution in [0, 0.1) is 0 Å². The number of hydrogen-bond donors (Lipinski definition) is 1. The number of carbonyl (C=O) groups excluding carboxylic acids is 1. The van der Waals surface area contributed by atoms with Gasteiger partial charge in [-0.15, -0.1) is 0 Å². The Hall–Kier alpha value is -0.610. The van der Waals surface area contributed by atoms with Gasteiger partial charge in [0.25, 0.3) is 0 Å². The highest BCUT2D eigenvalue weighted by Crippen LogP contribution is 2.10. The van der Waals surface area contributed by atoms with Crippen LogP contribution in [0.4, 0.5) is 0 Å². The van der Waals surface area contributed by atoms with Crippen LogP contribution in [-0.2, 0) is 9.53 Å². The number of carbonyl (C=O) groups is 1. The van der Waals surface area contributed by atoms with Crippen molar-refractivity contribution in [2.45, 2.75) is 25.4 Å². The number of hydrogen-bond acceptors (Lipinski definition) is 3. The van der Waals surface area contributed by atoms with Crippen molar-refractivity contribution in [1.82, 2.24) is 10.2 Å². The Morgan fingerprint density at radius 1 is 1.43 bits per heavy atom. The molecule has 2 heterocycles. The van der Waals surface area contributed by atoms with Crippen molar-refractivity contribution < 1.29 is 9.53 Å². The quantitative estimate of drug-likeness (QED) is 0.693. The van der Waals surface area contributed by atoms with Crippen LogP contribution in [0.5, 0.6) is 0 Å². The van der Waals surface area contributed by atoms with Gasteiger partial charge in [0, 0.05) is 13.1 Å². The Labute approximate surface area is 84.6 Å². The molecule has 0 bridgehead atoms. The van der Waals surface area contributed by atoms with E-state index in [4.69, 9.17) is 4.74 Å². The number of nitrogens with one attached hydrogen (secondary N) is 1. The summed E-state index contributed by atoms with van der Waals surface area (Å²) >= 11 is 0. The summed E-state index contributed by atoms with van der Waals surface area (Å²) in [6.45, 7) is 4.51. The molecule has 0 saturated carbocycles. The van der Waals surface area contributed by atoms with Crippen LogP contribution in [0.25, 0.3) is 0 Å². The van der Waals surface area contributed by atoms with E-state index in [1.165, 1.54) is 25.9 Å². The lowest BCUT2D eigenvalue weighted by atomic mass is 10.2. The molecule has 2 fully saturated rings. The first-order valence-electron chi connectivity index (χ1n) is 5.45. The first-order chi connectivity index (χ1) is 6.84. The van der Waals surface area contributed by atoms with Crippen LogP contribution >= 0.6 is 0 Å². The van der Waals surface area contributed by atoms with Gasteiger partial charge in [0.2, 0.25) is 5.91 Å². The second-order valence-electron chi connectivity index (χ2n) is 4.07. The molecule has 0 aromatic carbocycles. The van der Waals surface area contributed by atoms with Crippen molar-refractivity contribution in [3.8, 4) is 0 Å². The molecular formula is C10H18N2O2. The zero-order chi connectivity index (χ0) is 9.80. The van der Waals surface area contributed by atoms with Crippen LogP contribution in [0.3, 0.4) is 0 Å². The van der Waals surface area contributed by atoms with Gasteiger partial charge in [0.1, 0.15) is 6.61 Å². The zero-order valence-electron chi connectivity index (χ0n) is 8.50. The summed E-state index contributed by atoms with van der Waals surface area (Å²) in [4.78, 5) is 13.3. The average molecular weight is 198 g/mol. The van der Waals surface area contributed by atoms with Crippen molar-refractivity contribution in [2.24, 2.45) is 0 Å². The summed E-state index contributed by atoms with van der Waals surface area (Å²) in [5.74, 6) is 0.0161. The topological polar surface area (TPSA) is 41.6 Å². The second kappa shape index (κ2) is 4.75. The maximum atomic E-state index is 10.8. The lowest BCUT2D eigenvalue weighted by Gasteiger charge is -2.25. The minimum absolute atomic E-state index is 0.0161. The van der Waals surface area contributed by atoms with Gasteiger partial charge in [-0.1, -0.05) is 0 Å². The molecule has 80 valence electrons. The second-order valence-corrected chi connectivity index (χ2v) is 4.07. The summed E-state index contributed by atoms with van der Waals surface area (Å²) < 4.78 is 5.41. The van der Waals surface area contributed by atoms with Crippen LogP contribution in [0.1, 0.15) is 19.3 Å². The Kier molecular flexibility index (Phi) is 3.37. The molecule has 0 aliphatic carbocycles. The van der Waals surface area contributed by atoms with Crippen molar-refractivity contribution in [3.05, 3.63) is 0 Å². The molecule has 1 N–H and O–H groups in total. The number of likely N-dealkylation sites (tertiary alicyclic amines) is 1. The van der Waals surface area contributed by atoms with Crippen LogP contribution in [0.2, 0.25) is 0 Å². The van der Waals surface area contributed by atoms with Crippen LogP contribution in [-0.4, -0.2) is 49.7 Å². The van der Waals surface area contributed by atoms with Crippen molar-refractivity contribution in [1.29, 1.82) is 0 Å². The van der Waals surface area contributed by atoms with E-state index in [0.717, 1.165) is 13.0 Å². The van der Waals surface area contributed by atoms with Gasteiger partial charge in [-0.3, -0.25) is 4.79 Å². The van der Waals surface area contributed by atoms with Gasteiger partial charge < -0.3 is 15.0 Å². The molecule has 2 aliphatic rings. The highest BCUT2D eigenvalue weighted by molar-refractivity contribution is 5.77. The highest BCUT2D eigenvalue weighted by atomic mass is 16.5.